The average molecular weight is 496 g/mol. The van der Waals surface area contributed by atoms with Crippen LogP contribution in [0.4, 0.5) is 9.18 Å². The zero-order chi connectivity index (χ0) is 24.6. The van der Waals surface area contributed by atoms with Crippen LogP contribution in [0.3, 0.4) is 0 Å². The van der Waals surface area contributed by atoms with Gasteiger partial charge in [0.1, 0.15) is 11.4 Å². The Morgan fingerprint density at radius 1 is 1.03 bits per heavy atom. The second-order valence-corrected chi connectivity index (χ2v) is 10.7. The molecule has 3 fully saturated rings. The van der Waals surface area contributed by atoms with Gasteiger partial charge in [0, 0.05) is 36.5 Å². The van der Waals surface area contributed by atoms with E-state index in [2.05, 4.69) is 5.32 Å². The maximum absolute atomic E-state index is 13.8. The summed E-state index contributed by atoms with van der Waals surface area (Å²) >= 11 is 1.63. The normalized spacial score (nSPS) is 23.0. The first kappa shape index (κ1) is 23.9. The highest BCUT2D eigenvalue weighted by Crippen LogP contribution is 2.39. The molecular weight excluding hydrogens is 465 g/mol. The van der Waals surface area contributed by atoms with Crippen molar-refractivity contribution >= 4 is 29.6 Å². The summed E-state index contributed by atoms with van der Waals surface area (Å²) in [4.78, 5) is 44.1. The Labute approximate surface area is 209 Å². The molecule has 0 bridgehead atoms. The number of piperidine rings is 1. The van der Waals surface area contributed by atoms with E-state index < -0.39 is 5.54 Å². The minimum absolute atomic E-state index is 0.0131. The highest BCUT2D eigenvalue weighted by atomic mass is 32.2. The first-order valence-electron chi connectivity index (χ1n) is 12.2. The molecule has 35 heavy (non-hydrogen) atoms. The third-order valence-electron chi connectivity index (χ3n) is 7.55. The number of carbonyl (C=O) groups is 3. The van der Waals surface area contributed by atoms with Crippen LogP contribution in [0.1, 0.15) is 41.6 Å². The lowest BCUT2D eigenvalue weighted by atomic mass is 9.73. The Balaban J connectivity index is 1.34. The number of hydrogen-bond donors (Lipinski definition) is 1. The highest BCUT2D eigenvalue weighted by Gasteiger charge is 2.56. The van der Waals surface area contributed by atoms with Crippen molar-refractivity contribution in [2.24, 2.45) is 11.8 Å². The molecule has 184 valence electrons. The Kier molecular flexibility index (Phi) is 6.57. The van der Waals surface area contributed by atoms with E-state index in [1.165, 1.54) is 17.0 Å². The van der Waals surface area contributed by atoms with E-state index in [4.69, 9.17) is 0 Å². The van der Waals surface area contributed by atoms with Crippen LogP contribution >= 0.6 is 11.8 Å². The van der Waals surface area contributed by atoms with Gasteiger partial charge in [-0.1, -0.05) is 12.1 Å². The van der Waals surface area contributed by atoms with E-state index in [9.17, 15) is 18.8 Å². The van der Waals surface area contributed by atoms with E-state index in [0.29, 0.717) is 50.4 Å². The molecule has 1 unspecified atom stereocenters. The van der Waals surface area contributed by atoms with Crippen molar-refractivity contribution in [1.82, 2.24) is 15.1 Å². The van der Waals surface area contributed by atoms with E-state index >= 15 is 0 Å². The molecular formula is C27H30FN3O3S. The number of urea groups is 1. The standard InChI is InChI=1S/C27H30FN3O3S/c1-35-23-10-6-20(7-11-23)24(32)30-14-12-21(13-15-30)27(16-18-4-8-22(28)9-5-18)25(33)31(26(34)29-27)17-19-2-3-19/h4-11,19,21H,2-3,12-17H2,1H3,(H,29,34). The maximum Gasteiger partial charge on any atom is 0.325 e. The molecule has 5 rings (SSSR count). The van der Waals surface area contributed by atoms with Gasteiger partial charge in [-0.25, -0.2) is 9.18 Å². The number of imide groups is 1. The molecule has 3 aliphatic rings. The number of amides is 4. The molecule has 0 spiro atoms. The van der Waals surface area contributed by atoms with Crippen molar-refractivity contribution in [3.8, 4) is 0 Å². The summed E-state index contributed by atoms with van der Waals surface area (Å²) in [6.07, 6.45) is 5.62. The SMILES string of the molecule is CSc1ccc(C(=O)N2CCC(C3(Cc4ccc(F)cc4)NC(=O)N(CC4CC4)C3=O)CC2)cc1. The molecule has 2 saturated heterocycles. The van der Waals surface area contributed by atoms with Gasteiger partial charge in [0.15, 0.2) is 0 Å². The van der Waals surface area contributed by atoms with Crippen molar-refractivity contribution < 1.29 is 18.8 Å². The first-order valence-corrected chi connectivity index (χ1v) is 13.4. The summed E-state index contributed by atoms with van der Waals surface area (Å²) in [5.41, 5.74) is 0.391. The van der Waals surface area contributed by atoms with Gasteiger partial charge in [0.05, 0.1) is 0 Å². The molecule has 2 aromatic carbocycles. The van der Waals surface area contributed by atoms with E-state index in [0.717, 1.165) is 23.3 Å². The Bertz CT molecular complexity index is 1110. The summed E-state index contributed by atoms with van der Waals surface area (Å²) in [5.74, 6) is -0.256. The number of rotatable bonds is 7. The minimum Gasteiger partial charge on any atom is -0.339 e. The van der Waals surface area contributed by atoms with Crippen LogP contribution in [0.5, 0.6) is 0 Å². The largest absolute Gasteiger partial charge is 0.339 e. The zero-order valence-electron chi connectivity index (χ0n) is 19.8. The highest BCUT2D eigenvalue weighted by molar-refractivity contribution is 7.98. The summed E-state index contributed by atoms with van der Waals surface area (Å²) in [7, 11) is 0. The summed E-state index contributed by atoms with van der Waals surface area (Å²) < 4.78 is 13.5. The fraction of sp³-hybridized carbons (Fsp3) is 0.444. The third kappa shape index (κ3) is 4.81. The number of carbonyl (C=O) groups excluding carboxylic acids is 3. The second kappa shape index (κ2) is 9.64. The molecule has 2 heterocycles. The molecule has 1 aliphatic carbocycles. The number of likely N-dealkylation sites (tertiary alicyclic amines) is 1. The van der Waals surface area contributed by atoms with Gasteiger partial charge in [-0.15, -0.1) is 11.8 Å². The molecule has 0 aromatic heterocycles. The molecule has 2 aromatic rings. The van der Waals surface area contributed by atoms with Crippen molar-refractivity contribution in [3.05, 3.63) is 65.5 Å². The second-order valence-electron chi connectivity index (χ2n) is 9.86. The van der Waals surface area contributed by atoms with Gasteiger partial charge in [0.2, 0.25) is 0 Å². The lowest BCUT2D eigenvalue weighted by molar-refractivity contribution is -0.134. The minimum atomic E-state index is -1.07. The lowest BCUT2D eigenvalue weighted by Crippen LogP contribution is -2.58. The van der Waals surface area contributed by atoms with E-state index in [-0.39, 0.29) is 29.6 Å². The van der Waals surface area contributed by atoms with Crippen LogP contribution in [-0.2, 0) is 11.2 Å². The van der Waals surface area contributed by atoms with Crippen LogP contribution in [0.2, 0.25) is 0 Å². The molecule has 4 amide bonds. The van der Waals surface area contributed by atoms with E-state index in [1.54, 1.807) is 23.9 Å². The van der Waals surface area contributed by atoms with Gasteiger partial charge in [-0.05, 0) is 85.7 Å². The van der Waals surface area contributed by atoms with Crippen LogP contribution < -0.4 is 5.32 Å². The molecule has 6 nitrogen and oxygen atoms in total. The molecule has 2 aliphatic heterocycles. The van der Waals surface area contributed by atoms with Crippen LogP contribution in [0, 0.1) is 17.7 Å². The van der Waals surface area contributed by atoms with E-state index in [1.807, 2.05) is 35.4 Å². The smallest absolute Gasteiger partial charge is 0.325 e. The topological polar surface area (TPSA) is 69.7 Å². The van der Waals surface area contributed by atoms with Gasteiger partial charge in [-0.2, -0.15) is 0 Å². The average Bonchev–Trinajstić information content (AvgIpc) is 3.68. The van der Waals surface area contributed by atoms with Crippen LogP contribution in [0.25, 0.3) is 0 Å². The fourth-order valence-corrected chi connectivity index (χ4v) is 5.73. The Morgan fingerprint density at radius 2 is 1.69 bits per heavy atom. The van der Waals surface area contributed by atoms with Gasteiger partial charge in [-0.3, -0.25) is 14.5 Å². The van der Waals surface area contributed by atoms with Gasteiger partial charge < -0.3 is 10.2 Å². The van der Waals surface area contributed by atoms with Gasteiger partial charge in [0.25, 0.3) is 11.8 Å². The molecule has 0 radical (unpaired) electrons. The van der Waals surface area contributed by atoms with Crippen LogP contribution in [-0.4, -0.2) is 59.1 Å². The van der Waals surface area contributed by atoms with Crippen molar-refractivity contribution in [3.63, 3.8) is 0 Å². The number of nitrogens with one attached hydrogen (secondary N) is 1. The monoisotopic (exact) mass is 495 g/mol. The quantitative estimate of drug-likeness (QED) is 0.458. The number of halogens is 1. The van der Waals surface area contributed by atoms with Crippen molar-refractivity contribution in [2.75, 3.05) is 25.9 Å². The molecule has 8 heteroatoms. The number of thioether (sulfide) groups is 1. The molecule has 1 N–H and O–H groups in total. The molecule has 1 atom stereocenters. The summed E-state index contributed by atoms with van der Waals surface area (Å²) in [6, 6.07) is 13.4. The molecule has 1 saturated carbocycles. The zero-order valence-corrected chi connectivity index (χ0v) is 20.7. The predicted molar refractivity (Wildman–Crippen MR) is 133 cm³/mol. The Hall–Kier alpha value is -2.87. The van der Waals surface area contributed by atoms with Crippen LogP contribution in [0.15, 0.2) is 53.4 Å². The third-order valence-corrected chi connectivity index (χ3v) is 8.30. The number of hydrogen-bond acceptors (Lipinski definition) is 4. The number of nitrogens with zero attached hydrogens (tertiary/aromatic N) is 2. The summed E-state index contributed by atoms with van der Waals surface area (Å²) in [6.45, 7) is 1.49. The van der Waals surface area contributed by atoms with Gasteiger partial charge >= 0.3 is 6.03 Å². The van der Waals surface area contributed by atoms with Crippen molar-refractivity contribution in [2.45, 2.75) is 42.5 Å². The number of benzene rings is 2. The Morgan fingerprint density at radius 3 is 2.29 bits per heavy atom. The fourth-order valence-electron chi connectivity index (χ4n) is 5.33. The maximum atomic E-state index is 13.8. The van der Waals surface area contributed by atoms with Crippen molar-refractivity contribution in [1.29, 1.82) is 0 Å². The summed E-state index contributed by atoms with van der Waals surface area (Å²) in [5, 5.41) is 3.06. The first-order chi connectivity index (χ1) is 16.9. The predicted octanol–water partition coefficient (Wildman–Crippen LogP) is 4.34. The lowest BCUT2D eigenvalue weighted by Gasteiger charge is -2.41.